The molecule has 210 valence electrons. The summed E-state index contributed by atoms with van der Waals surface area (Å²) in [5.41, 5.74) is 12.9. The van der Waals surface area contributed by atoms with Gasteiger partial charge in [0, 0.05) is 46.6 Å². The molecule has 1 amide bonds. The number of rotatable bonds is 6. The van der Waals surface area contributed by atoms with E-state index in [0.29, 0.717) is 12.5 Å². The van der Waals surface area contributed by atoms with Crippen molar-refractivity contribution < 1.29 is 9.53 Å². The van der Waals surface area contributed by atoms with Crippen LogP contribution in [0.25, 0.3) is 11.3 Å². The first-order valence-corrected chi connectivity index (χ1v) is 14.5. The van der Waals surface area contributed by atoms with Gasteiger partial charge in [-0.1, -0.05) is 40.0 Å². The third-order valence-electron chi connectivity index (χ3n) is 8.93. The van der Waals surface area contributed by atoms with E-state index in [2.05, 4.69) is 55.8 Å². The second kappa shape index (κ2) is 10.5. The van der Waals surface area contributed by atoms with E-state index in [1.165, 1.54) is 61.6 Å². The molecular weight excluding hydrogens is 494 g/mol. The van der Waals surface area contributed by atoms with Crippen LogP contribution in [0.5, 0.6) is 5.75 Å². The third kappa shape index (κ3) is 5.79. The van der Waals surface area contributed by atoms with E-state index in [1.54, 1.807) is 0 Å². The van der Waals surface area contributed by atoms with E-state index in [9.17, 15) is 4.79 Å². The summed E-state index contributed by atoms with van der Waals surface area (Å²) in [4.78, 5) is 13.4. The van der Waals surface area contributed by atoms with E-state index < -0.39 is 5.54 Å². The molecule has 3 N–H and O–H groups in total. The largest absolute Gasteiger partial charge is 0.493 e. The zero-order valence-corrected chi connectivity index (χ0v) is 25.2. The first-order chi connectivity index (χ1) is 17.4. The predicted octanol–water partition coefficient (Wildman–Crippen LogP) is 7.04. The van der Waals surface area contributed by atoms with Gasteiger partial charge in [0.1, 0.15) is 5.75 Å². The van der Waals surface area contributed by atoms with Gasteiger partial charge in [0.15, 0.2) is 0 Å². The van der Waals surface area contributed by atoms with Crippen molar-refractivity contribution in [3.63, 3.8) is 0 Å². The number of hydrogen-bond acceptors (Lipinski definition) is 3. The van der Waals surface area contributed by atoms with Crippen LogP contribution in [0.2, 0.25) is 0 Å². The van der Waals surface area contributed by atoms with Gasteiger partial charge in [-0.15, -0.1) is 12.4 Å². The van der Waals surface area contributed by atoms with Gasteiger partial charge < -0.3 is 20.4 Å². The van der Waals surface area contributed by atoms with Crippen LogP contribution in [0, 0.1) is 12.8 Å². The van der Waals surface area contributed by atoms with Gasteiger partial charge >= 0.3 is 0 Å². The molecule has 0 bridgehead atoms. The lowest BCUT2D eigenvalue weighted by Gasteiger charge is -2.33. The summed E-state index contributed by atoms with van der Waals surface area (Å²) < 4.78 is 8.79. The fourth-order valence-corrected chi connectivity index (χ4v) is 6.42. The van der Waals surface area contributed by atoms with E-state index >= 15 is 0 Å². The molecule has 2 aliphatic carbocycles. The number of nitrogens with one attached hydrogen (secondary N) is 1. The van der Waals surface area contributed by atoms with Crippen molar-refractivity contribution in [2.75, 3.05) is 13.2 Å². The molecule has 5 rings (SSSR count). The molecule has 2 heterocycles. The molecule has 1 aromatic heterocycles. The van der Waals surface area contributed by atoms with Gasteiger partial charge in [-0.25, -0.2) is 0 Å². The van der Waals surface area contributed by atoms with Gasteiger partial charge in [0.05, 0.1) is 12.2 Å². The number of fused-ring (bicyclic) bond motifs is 2. The van der Waals surface area contributed by atoms with E-state index in [1.807, 2.05) is 13.8 Å². The first-order valence-electron chi connectivity index (χ1n) is 14.5. The summed E-state index contributed by atoms with van der Waals surface area (Å²) in [6.45, 7) is 15.1. The highest BCUT2D eigenvalue weighted by molar-refractivity contribution is 5.97. The Morgan fingerprint density at radius 3 is 2.37 bits per heavy atom. The molecule has 0 unspecified atom stereocenters. The number of nitrogens with zero attached hydrogens (tertiary/aromatic N) is 1. The molecule has 1 aromatic carbocycles. The molecule has 38 heavy (non-hydrogen) atoms. The number of ether oxygens (including phenoxy) is 1. The standard InChI is InChI=1S/C32H47N3O2.ClH/c1-21-24(29(36)34-20-31(5,6)33)18-27(35(21)19-22-10-8-7-9-11-22)23-16-25(30(2,3)4)28-26(17-23)32(12-13-32)14-15-37-28;/h16-18,22H,7-15,19-20,33H2,1-6H3,(H,34,36);1H. The summed E-state index contributed by atoms with van der Waals surface area (Å²) >= 11 is 0. The number of nitrogens with two attached hydrogens (primary N) is 1. The molecule has 1 aliphatic heterocycles. The Kier molecular flexibility index (Phi) is 8.05. The smallest absolute Gasteiger partial charge is 0.253 e. The lowest BCUT2D eigenvalue weighted by Crippen LogP contribution is -2.45. The molecule has 0 atom stereocenters. The Balaban J connectivity index is 0.00000336. The number of halogens is 1. The Labute approximate surface area is 235 Å². The maximum atomic E-state index is 13.4. The summed E-state index contributed by atoms with van der Waals surface area (Å²) in [5, 5.41) is 3.09. The molecule has 2 aromatic rings. The number of carbonyl (C=O) groups excluding carboxylic acids is 1. The first kappa shape index (κ1) is 29.0. The van der Waals surface area contributed by atoms with E-state index in [0.717, 1.165) is 42.3 Å². The van der Waals surface area contributed by atoms with Crippen molar-refractivity contribution in [1.82, 2.24) is 9.88 Å². The molecule has 3 aliphatic rings. The summed E-state index contributed by atoms with van der Waals surface area (Å²) in [7, 11) is 0. The van der Waals surface area contributed by atoms with Gasteiger partial charge in [0.2, 0.25) is 0 Å². The summed E-state index contributed by atoms with van der Waals surface area (Å²) in [6.07, 6.45) is 10.1. The SMILES string of the molecule is Cc1c(C(=O)NCC(C)(C)N)cc(-c2cc(C(C)(C)C)c3c(c2)C2(CCO3)CC2)n1CC1CCCCC1.Cl. The van der Waals surface area contributed by atoms with Crippen LogP contribution < -0.4 is 15.8 Å². The number of aromatic nitrogens is 1. The van der Waals surface area contributed by atoms with Gasteiger partial charge in [0.25, 0.3) is 5.91 Å². The van der Waals surface area contributed by atoms with Crippen molar-refractivity contribution >= 4 is 18.3 Å². The Bertz CT molecular complexity index is 1160. The highest BCUT2D eigenvalue weighted by atomic mass is 35.5. The zero-order valence-electron chi connectivity index (χ0n) is 24.3. The maximum Gasteiger partial charge on any atom is 0.253 e. The minimum absolute atomic E-state index is 0. The van der Waals surface area contributed by atoms with Crippen molar-refractivity contribution in [1.29, 1.82) is 0 Å². The minimum Gasteiger partial charge on any atom is -0.493 e. The average Bonchev–Trinajstić information content (AvgIpc) is 3.53. The Morgan fingerprint density at radius 2 is 1.76 bits per heavy atom. The topological polar surface area (TPSA) is 69.3 Å². The average molecular weight is 542 g/mol. The highest BCUT2D eigenvalue weighted by Crippen LogP contribution is 2.58. The molecule has 5 nitrogen and oxygen atoms in total. The quantitative estimate of drug-likeness (QED) is 0.412. The summed E-state index contributed by atoms with van der Waals surface area (Å²) in [5.74, 6) is 1.75. The number of carbonyl (C=O) groups is 1. The Hall–Kier alpha value is -1.98. The fraction of sp³-hybridized carbons (Fsp3) is 0.656. The van der Waals surface area contributed by atoms with Crippen LogP contribution in [0.15, 0.2) is 18.2 Å². The molecule has 2 saturated carbocycles. The highest BCUT2D eigenvalue weighted by Gasteiger charge is 2.49. The van der Waals surface area contributed by atoms with Crippen LogP contribution in [-0.4, -0.2) is 29.2 Å². The molecule has 0 radical (unpaired) electrons. The van der Waals surface area contributed by atoms with Gasteiger partial charge in [-0.3, -0.25) is 4.79 Å². The zero-order chi connectivity index (χ0) is 26.6. The molecular formula is C32H48ClN3O2. The van der Waals surface area contributed by atoms with Gasteiger partial charge in [-0.05, 0) is 88.0 Å². The lowest BCUT2D eigenvalue weighted by atomic mass is 9.79. The van der Waals surface area contributed by atoms with Crippen molar-refractivity contribution in [2.24, 2.45) is 11.7 Å². The third-order valence-corrected chi connectivity index (χ3v) is 8.93. The predicted molar refractivity (Wildman–Crippen MR) is 159 cm³/mol. The van der Waals surface area contributed by atoms with Crippen LogP contribution >= 0.6 is 12.4 Å². The van der Waals surface area contributed by atoms with Crippen LogP contribution in [0.1, 0.15) is 113 Å². The van der Waals surface area contributed by atoms with E-state index in [4.69, 9.17) is 10.5 Å². The molecule has 1 spiro atoms. The second-order valence-electron chi connectivity index (χ2n) is 13.8. The molecule has 2 fully saturated rings. The van der Waals surface area contributed by atoms with Crippen molar-refractivity contribution in [3.05, 3.63) is 40.6 Å². The summed E-state index contributed by atoms with van der Waals surface area (Å²) in [6, 6.07) is 6.87. The minimum atomic E-state index is -0.449. The van der Waals surface area contributed by atoms with Crippen molar-refractivity contribution in [2.45, 2.75) is 116 Å². The fourth-order valence-electron chi connectivity index (χ4n) is 6.42. The van der Waals surface area contributed by atoms with E-state index in [-0.39, 0.29) is 29.1 Å². The van der Waals surface area contributed by atoms with Crippen molar-refractivity contribution in [3.8, 4) is 17.0 Å². The van der Waals surface area contributed by atoms with Crippen LogP contribution in [0.4, 0.5) is 0 Å². The van der Waals surface area contributed by atoms with Crippen LogP contribution in [-0.2, 0) is 17.4 Å². The van der Waals surface area contributed by atoms with Crippen LogP contribution in [0.3, 0.4) is 0 Å². The number of hydrogen-bond donors (Lipinski definition) is 2. The molecule has 6 heteroatoms. The normalized spacial score (nSPS) is 18.9. The number of amides is 1. The maximum absolute atomic E-state index is 13.4. The number of benzene rings is 1. The monoisotopic (exact) mass is 541 g/mol. The lowest BCUT2D eigenvalue weighted by molar-refractivity contribution is 0.0945. The van der Waals surface area contributed by atoms with Gasteiger partial charge in [-0.2, -0.15) is 0 Å². The second-order valence-corrected chi connectivity index (χ2v) is 13.8. The Morgan fingerprint density at radius 1 is 1.08 bits per heavy atom. The molecule has 0 saturated heterocycles.